The second-order valence-electron chi connectivity index (χ2n) is 12.2. The summed E-state index contributed by atoms with van der Waals surface area (Å²) in [5.74, 6) is -0.319. The van der Waals surface area contributed by atoms with Crippen molar-refractivity contribution in [2.75, 3.05) is 19.8 Å². The van der Waals surface area contributed by atoms with Gasteiger partial charge in [0.05, 0.1) is 11.5 Å². The SMILES string of the molecule is CCCCCCCCCCCCCCCC(=O)O[C@@H](COCCCCCCCCCC)COS(=O)(=O)c1ccc(C)cc1. The van der Waals surface area contributed by atoms with Crippen LogP contribution in [0, 0.1) is 6.92 Å². The van der Waals surface area contributed by atoms with Crippen LogP contribution in [0.2, 0.25) is 0 Å². The highest BCUT2D eigenvalue weighted by Gasteiger charge is 2.21. The van der Waals surface area contributed by atoms with Crippen molar-refractivity contribution < 1.29 is 26.9 Å². The van der Waals surface area contributed by atoms with Crippen molar-refractivity contribution >= 4 is 16.1 Å². The predicted octanol–water partition coefficient (Wildman–Crippen LogP) is 10.3. The summed E-state index contributed by atoms with van der Waals surface area (Å²) in [7, 11) is -3.95. The van der Waals surface area contributed by atoms with Gasteiger partial charge >= 0.3 is 5.97 Å². The van der Waals surface area contributed by atoms with Gasteiger partial charge in [-0.1, -0.05) is 154 Å². The van der Waals surface area contributed by atoms with Gasteiger partial charge in [-0.25, -0.2) is 0 Å². The smallest absolute Gasteiger partial charge is 0.306 e. The number of rotatable bonds is 30. The second-order valence-corrected chi connectivity index (χ2v) is 13.8. The maximum atomic E-state index is 12.7. The van der Waals surface area contributed by atoms with Gasteiger partial charge in [0.2, 0.25) is 0 Å². The molecule has 0 N–H and O–H groups in total. The number of carbonyl (C=O) groups excluding carboxylic acids is 1. The van der Waals surface area contributed by atoms with E-state index in [2.05, 4.69) is 13.8 Å². The standard InChI is InChI=1S/C36H64O6S/c1-4-6-8-10-12-14-15-16-17-18-19-21-23-25-36(37)42-34(31-40-30-24-22-20-13-11-9-7-5-2)32-41-43(38,39)35-28-26-33(3)27-29-35/h26-29,34H,4-25,30-32H2,1-3H3/t34-/m0/s1. The Balaban J connectivity index is 2.33. The summed E-state index contributed by atoms with van der Waals surface area (Å²) in [6, 6.07) is 6.52. The Labute approximate surface area is 265 Å². The molecule has 0 saturated heterocycles. The van der Waals surface area contributed by atoms with Gasteiger partial charge in [-0.15, -0.1) is 0 Å². The fraction of sp³-hybridized carbons (Fsp3) is 0.806. The van der Waals surface area contributed by atoms with Crippen molar-refractivity contribution in [1.29, 1.82) is 0 Å². The highest BCUT2D eigenvalue weighted by atomic mass is 32.2. The molecule has 1 rings (SSSR count). The second kappa shape index (κ2) is 26.9. The van der Waals surface area contributed by atoms with E-state index in [1.807, 2.05) is 6.92 Å². The van der Waals surface area contributed by atoms with Gasteiger partial charge in [0.15, 0.2) is 0 Å². The lowest BCUT2D eigenvalue weighted by Crippen LogP contribution is -2.30. The molecule has 0 aromatic heterocycles. The molecular formula is C36H64O6S. The van der Waals surface area contributed by atoms with E-state index in [1.165, 1.54) is 115 Å². The molecule has 0 heterocycles. The van der Waals surface area contributed by atoms with Crippen LogP contribution in [0.1, 0.15) is 161 Å². The third-order valence-corrected chi connectivity index (χ3v) is 9.24. The molecule has 0 spiro atoms. The van der Waals surface area contributed by atoms with Crippen LogP contribution in [0.5, 0.6) is 0 Å². The van der Waals surface area contributed by atoms with E-state index in [-0.39, 0.29) is 24.1 Å². The third-order valence-electron chi connectivity index (χ3n) is 7.95. The molecule has 0 aliphatic heterocycles. The number of hydrogen-bond acceptors (Lipinski definition) is 6. The number of esters is 1. The van der Waals surface area contributed by atoms with Crippen LogP contribution in [0.15, 0.2) is 29.2 Å². The summed E-state index contributed by atoms with van der Waals surface area (Å²) in [6.07, 6.45) is 25.4. The van der Waals surface area contributed by atoms with Crippen molar-refractivity contribution in [3.05, 3.63) is 29.8 Å². The summed E-state index contributed by atoms with van der Waals surface area (Å²) in [5.41, 5.74) is 0.966. The molecule has 1 aromatic rings. The Hall–Kier alpha value is -1.44. The highest BCUT2D eigenvalue weighted by Crippen LogP contribution is 2.16. The Bertz CT molecular complexity index is 884. The number of hydrogen-bond donors (Lipinski definition) is 0. The van der Waals surface area contributed by atoms with E-state index < -0.39 is 16.2 Å². The van der Waals surface area contributed by atoms with E-state index in [0.29, 0.717) is 13.0 Å². The lowest BCUT2D eigenvalue weighted by molar-refractivity contribution is -0.154. The largest absolute Gasteiger partial charge is 0.457 e. The van der Waals surface area contributed by atoms with Gasteiger partial charge in [0, 0.05) is 13.0 Å². The molecule has 1 aromatic carbocycles. The first-order chi connectivity index (χ1) is 20.9. The minimum atomic E-state index is -3.95. The fourth-order valence-electron chi connectivity index (χ4n) is 5.14. The molecule has 0 radical (unpaired) electrons. The van der Waals surface area contributed by atoms with Gasteiger partial charge < -0.3 is 9.47 Å². The van der Waals surface area contributed by atoms with E-state index in [1.54, 1.807) is 12.1 Å². The first-order valence-corrected chi connectivity index (χ1v) is 19.0. The minimum absolute atomic E-state index is 0.0926. The van der Waals surface area contributed by atoms with E-state index in [0.717, 1.165) is 37.7 Å². The van der Waals surface area contributed by atoms with Crippen molar-refractivity contribution in [1.82, 2.24) is 0 Å². The molecule has 6 nitrogen and oxygen atoms in total. The summed E-state index contributed by atoms with van der Waals surface area (Å²) in [6.45, 7) is 6.82. The monoisotopic (exact) mass is 624 g/mol. The summed E-state index contributed by atoms with van der Waals surface area (Å²) < 4.78 is 42.1. The zero-order valence-corrected chi connectivity index (χ0v) is 28.7. The Morgan fingerprint density at radius 2 is 1.07 bits per heavy atom. The van der Waals surface area contributed by atoms with Crippen molar-refractivity contribution in [3.8, 4) is 0 Å². The van der Waals surface area contributed by atoms with Crippen molar-refractivity contribution in [3.63, 3.8) is 0 Å². The number of carbonyl (C=O) groups is 1. The van der Waals surface area contributed by atoms with Crippen LogP contribution in [-0.4, -0.2) is 40.3 Å². The van der Waals surface area contributed by atoms with Crippen LogP contribution in [0.25, 0.3) is 0 Å². The van der Waals surface area contributed by atoms with E-state index in [4.69, 9.17) is 13.7 Å². The van der Waals surface area contributed by atoms with Crippen LogP contribution in [-0.2, 0) is 28.6 Å². The molecule has 0 aliphatic rings. The summed E-state index contributed by atoms with van der Waals surface area (Å²) >= 11 is 0. The van der Waals surface area contributed by atoms with Crippen LogP contribution < -0.4 is 0 Å². The third kappa shape index (κ3) is 22.7. The lowest BCUT2D eigenvalue weighted by Gasteiger charge is -2.18. The zero-order chi connectivity index (χ0) is 31.4. The van der Waals surface area contributed by atoms with Gasteiger partial charge in [0.25, 0.3) is 10.1 Å². The topological polar surface area (TPSA) is 78.9 Å². The van der Waals surface area contributed by atoms with Gasteiger partial charge in [-0.3, -0.25) is 8.98 Å². The summed E-state index contributed by atoms with van der Waals surface area (Å²) in [5, 5.41) is 0. The van der Waals surface area contributed by atoms with Crippen LogP contribution in [0.4, 0.5) is 0 Å². The molecule has 0 bridgehead atoms. The first-order valence-electron chi connectivity index (χ1n) is 17.6. The predicted molar refractivity (Wildman–Crippen MR) is 178 cm³/mol. The average molecular weight is 625 g/mol. The minimum Gasteiger partial charge on any atom is -0.457 e. The number of unbranched alkanes of at least 4 members (excludes halogenated alkanes) is 19. The molecular weight excluding hydrogens is 560 g/mol. The number of benzene rings is 1. The van der Waals surface area contributed by atoms with Crippen LogP contribution >= 0.6 is 0 Å². The molecule has 250 valence electrons. The first kappa shape index (κ1) is 39.6. The van der Waals surface area contributed by atoms with E-state index in [9.17, 15) is 13.2 Å². The zero-order valence-electron chi connectivity index (χ0n) is 27.9. The Kier molecular flexibility index (Phi) is 24.8. The normalized spacial score (nSPS) is 12.4. The van der Waals surface area contributed by atoms with Crippen LogP contribution in [0.3, 0.4) is 0 Å². The Morgan fingerprint density at radius 3 is 1.56 bits per heavy atom. The number of aryl methyl sites for hydroxylation is 1. The molecule has 1 atom stereocenters. The molecule has 0 fully saturated rings. The van der Waals surface area contributed by atoms with Gasteiger partial charge in [-0.05, 0) is 31.9 Å². The maximum absolute atomic E-state index is 12.7. The fourth-order valence-corrected chi connectivity index (χ4v) is 6.08. The van der Waals surface area contributed by atoms with Crippen molar-refractivity contribution in [2.45, 2.75) is 173 Å². The molecule has 0 unspecified atom stereocenters. The summed E-state index contributed by atoms with van der Waals surface area (Å²) in [4.78, 5) is 12.7. The van der Waals surface area contributed by atoms with Gasteiger partial charge in [0.1, 0.15) is 12.7 Å². The molecule has 7 heteroatoms. The van der Waals surface area contributed by atoms with Crippen molar-refractivity contribution in [2.24, 2.45) is 0 Å². The molecule has 0 saturated carbocycles. The highest BCUT2D eigenvalue weighted by molar-refractivity contribution is 7.86. The average Bonchev–Trinajstić information content (AvgIpc) is 2.99. The quantitative estimate of drug-likeness (QED) is 0.0481. The maximum Gasteiger partial charge on any atom is 0.306 e. The Morgan fingerprint density at radius 1 is 0.628 bits per heavy atom. The molecule has 0 aliphatic carbocycles. The lowest BCUT2D eigenvalue weighted by atomic mass is 10.0. The molecule has 43 heavy (non-hydrogen) atoms. The van der Waals surface area contributed by atoms with E-state index >= 15 is 0 Å². The van der Waals surface area contributed by atoms with Gasteiger partial charge in [-0.2, -0.15) is 8.42 Å². The molecule has 0 amide bonds. The number of ether oxygens (including phenoxy) is 2.